The minimum absolute atomic E-state index is 0.125. The first kappa shape index (κ1) is 16.1. The summed E-state index contributed by atoms with van der Waals surface area (Å²) in [6.45, 7) is 6.49. The fourth-order valence-electron chi connectivity index (χ4n) is 3.04. The van der Waals surface area contributed by atoms with Crippen LogP contribution < -0.4 is 15.2 Å². The molecule has 5 heteroatoms. The molecule has 2 N–H and O–H groups in total. The van der Waals surface area contributed by atoms with Crippen LogP contribution in [0.2, 0.25) is 0 Å². The Kier molecular flexibility index (Phi) is 5.45. The van der Waals surface area contributed by atoms with Crippen molar-refractivity contribution in [1.29, 1.82) is 0 Å². The van der Waals surface area contributed by atoms with Crippen molar-refractivity contribution in [1.82, 2.24) is 4.90 Å². The Morgan fingerprint density at radius 2 is 1.90 bits per heavy atom. The lowest BCUT2D eigenvalue weighted by Gasteiger charge is -2.40. The minimum atomic E-state index is 0.125. The molecule has 0 radical (unpaired) electrons. The largest absolute Gasteiger partial charge is 0.497 e. The van der Waals surface area contributed by atoms with Crippen molar-refractivity contribution >= 4 is 0 Å². The van der Waals surface area contributed by atoms with Gasteiger partial charge in [-0.15, -0.1) is 0 Å². The molecule has 0 amide bonds. The van der Waals surface area contributed by atoms with Gasteiger partial charge in [0.15, 0.2) is 0 Å². The highest BCUT2D eigenvalue weighted by Gasteiger charge is 2.29. The molecular formula is C16H26N2O3. The van der Waals surface area contributed by atoms with Gasteiger partial charge in [0.25, 0.3) is 0 Å². The van der Waals surface area contributed by atoms with Crippen molar-refractivity contribution in [3.05, 3.63) is 23.8 Å². The first-order valence-corrected chi connectivity index (χ1v) is 7.40. The molecule has 21 heavy (non-hydrogen) atoms. The second-order valence-electron chi connectivity index (χ2n) is 5.57. The van der Waals surface area contributed by atoms with E-state index >= 15 is 0 Å². The van der Waals surface area contributed by atoms with Gasteiger partial charge < -0.3 is 19.9 Å². The number of hydrogen-bond donors (Lipinski definition) is 1. The fourth-order valence-corrected chi connectivity index (χ4v) is 3.04. The third-order valence-corrected chi connectivity index (χ3v) is 3.91. The molecule has 0 aliphatic carbocycles. The van der Waals surface area contributed by atoms with Gasteiger partial charge in [-0.25, -0.2) is 0 Å². The summed E-state index contributed by atoms with van der Waals surface area (Å²) in [6, 6.07) is 6.03. The summed E-state index contributed by atoms with van der Waals surface area (Å²) in [6.07, 6.45) is 0.430. The molecule has 118 valence electrons. The molecule has 5 nitrogen and oxygen atoms in total. The van der Waals surface area contributed by atoms with Crippen molar-refractivity contribution in [2.45, 2.75) is 32.1 Å². The topological polar surface area (TPSA) is 57.0 Å². The van der Waals surface area contributed by atoms with E-state index in [1.807, 2.05) is 18.2 Å². The quantitative estimate of drug-likeness (QED) is 0.897. The van der Waals surface area contributed by atoms with Crippen molar-refractivity contribution in [2.75, 3.05) is 33.9 Å². The Labute approximate surface area is 127 Å². The van der Waals surface area contributed by atoms with E-state index < -0.39 is 0 Å². The van der Waals surface area contributed by atoms with E-state index in [0.717, 1.165) is 30.2 Å². The van der Waals surface area contributed by atoms with Crippen LogP contribution >= 0.6 is 0 Å². The van der Waals surface area contributed by atoms with E-state index in [9.17, 15) is 0 Å². The monoisotopic (exact) mass is 294 g/mol. The zero-order chi connectivity index (χ0) is 15.4. The maximum atomic E-state index is 6.05. The van der Waals surface area contributed by atoms with Crippen LogP contribution in [0, 0.1) is 0 Å². The lowest BCUT2D eigenvalue weighted by molar-refractivity contribution is -0.0801. The number of morpholine rings is 1. The molecular weight excluding hydrogens is 268 g/mol. The van der Waals surface area contributed by atoms with Crippen LogP contribution in [0.25, 0.3) is 0 Å². The molecule has 0 bridgehead atoms. The summed E-state index contributed by atoms with van der Waals surface area (Å²) in [5.41, 5.74) is 7.15. The third kappa shape index (κ3) is 3.67. The molecule has 1 aliphatic heterocycles. The molecule has 1 heterocycles. The molecule has 0 aromatic heterocycles. The minimum Gasteiger partial charge on any atom is -0.497 e. The summed E-state index contributed by atoms with van der Waals surface area (Å²) in [4.78, 5) is 2.38. The SMILES string of the molecule is COc1ccc([C@H](CN)N2C[C@@H](C)O[C@@H](C)C2)c(OC)c1. The normalized spacial score (nSPS) is 24.6. The number of nitrogens with zero attached hydrogens (tertiary/aromatic N) is 1. The molecule has 0 spiro atoms. The maximum Gasteiger partial charge on any atom is 0.127 e. The predicted octanol–water partition coefficient (Wildman–Crippen LogP) is 1.81. The first-order valence-electron chi connectivity index (χ1n) is 7.40. The van der Waals surface area contributed by atoms with Crippen LogP contribution in [-0.4, -0.2) is 51.0 Å². The first-order chi connectivity index (χ1) is 10.1. The summed E-state index contributed by atoms with van der Waals surface area (Å²) >= 11 is 0. The molecule has 1 saturated heterocycles. The Bertz CT molecular complexity index is 457. The molecule has 0 saturated carbocycles. The highest BCUT2D eigenvalue weighted by atomic mass is 16.5. The van der Waals surface area contributed by atoms with Crippen LogP contribution in [0.1, 0.15) is 25.5 Å². The molecule has 1 aliphatic rings. The smallest absolute Gasteiger partial charge is 0.127 e. The van der Waals surface area contributed by atoms with Gasteiger partial charge in [-0.05, 0) is 19.9 Å². The zero-order valence-electron chi connectivity index (χ0n) is 13.3. The number of benzene rings is 1. The standard InChI is InChI=1S/C16H26N2O3/c1-11-9-18(10-12(2)21-11)15(8-17)14-6-5-13(19-3)7-16(14)20-4/h5-7,11-12,15H,8-10,17H2,1-4H3/t11-,12+,15-/m0/s1. The zero-order valence-corrected chi connectivity index (χ0v) is 13.3. The lowest BCUT2D eigenvalue weighted by Crippen LogP contribution is -2.48. The van der Waals surface area contributed by atoms with Gasteiger partial charge in [0.1, 0.15) is 11.5 Å². The van der Waals surface area contributed by atoms with Gasteiger partial charge in [-0.3, -0.25) is 4.90 Å². The molecule has 3 atom stereocenters. The van der Waals surface area contributed by atoms with Crippen LogP contribution in [0.5, 0.6) is 11.5 Å². The van der Waals surface area contributed by atoms with Gasteiger partial charge in [-0.1, -0.05) is 6.07 Å². The van der Waals surface area contributed by atoms with Crippen molar-refractivity contribution in [3.8, 4) is 11.5 Å². The van der Waals surface area contributed by atoms with E-state index in [2.05, 4.69) is 18.7 Å². The second kappa shape index (κ2) is 7.11. The van der Waals surface area contributed by atoms with Crippen molar-refractivity contribution < 1.29 is 14.2 Å². The van der Waals surface area contributed by atoms with Crippen LogP contribution in [0.3, 0.4) is 0 Å². The lowest BCUT2D eigenvalue weighted by atomic mass is 10.0. The van der Waals surface area contributed by atoms with E-state index in [1.54, 1.807) is 14.2 Å². The third-order valence-electron chi connectivity index (χ3n) is 3.91. The molecule has 0 unspecified atom stereocenters. The molecule has 2 rings (SSSR count). The van der Waals surface area contributed by atoms with Crippen LogP contribution in [0.4, 0.5) is 0 Å². The van der Waals surface area contributed by atoms with Crippen LogP contribution in [-0.2, 0) is 4.74 Å². The van der Waals surface area contributed by atoms with Crippen molar-refractivity contribution in [2.24, 2.45) is 5.73 Å². The Balaban J connectivity index is 2.28. The highest BCUT2D eigenvalue weighted by molar-refractivity contribution is 5.42. The summed E-state index contributed by atoms with van der Waals surface area (Å²) < 4.78 is 16.6. The summed E-state index contributed by atoms with van der Waals surface area (Å²) in [7, 11) is 3.33. The average Bonchev–Trinajstić information content (AvgIpc) is 2.47. The summed E-state index contributed by atoms with van der Waals surface area (Å²) in [5, 5.41) is 0. The number of hydrogen-bond acceptors (Lipinski definition) is 5. The summed E-state index contributed by atoms with van der Waals surface area (Å²) in [5.74, 6) is 1.60. The highest BCUT2D eigenvalue weighted by Crippen LogP contribution is 2.33. The number of rotatable bonds is 5. The van der Waals surface area contributed by atoms with Gasteiger partial charge in [0.05, 0.1) is 32.5 Å². The number of ether oxygens (including phenoxy) is 3. The van der Waals surface area contributed by atoms with E-state index in [1.165, 1.54) is 0 Å². The van der Waals surface area contributed by atoms with Gasteiger partial charge >= 0.3 is 0 Å². The average molecular weight is 294 g/mol. The van der Waals surface area contributed by atoms with E-state index in [0.29, 0.717) is 6.54 Å². The fraction of sp³-hybridized carbons (Fsp3) is 0.625. The number of methoxy groups -OCH3 is 2. The Morgan fingerprint density at radius 3 is 2.43 bits per heavy atom. The Hall–Kier alpha value is -1.30. The van der Waals surface area contributed by atoms with Crippen LogP contribution in [0.15, 0.2) is 18.2 Å². The Morgan fingerprint density at radius 1 is 1.24 bits per heavy atom. The van der Waals surface area contributed by atoms with E-state index in [-0.39, 0.29) is 18.2 Å². The molecule has 1 aromatic rings. The molecule has 1 fully saturated rings. The van der Waals surface area contributed by atoms with Crippen molar-refractivity contribution in [3.63, 3.8) is 0 Å². The number of nitrogens with two attached hydrogens (primary N) is 1. The maximum absolute atomic E-state index is 6.05. The van der Waals surface area contributed by atoms with Gasteiger partial charge in [0.2, 0.25) is 0 Å². The van der Waals surface area contributed by atoms with E-state index in [4.69, 9.17) is 19.9 Å². The van der Waals surface area contributed by atoms with Gasteiger partial charge in [-0.2, -0.15) is 0 Å². The molecule has 1 aromatic carbocycles. The van der Waals surface area contributed by atoms with Gasteiger partial charge in [0, 0.05) is 31.3 Å². The predicted molar refractivity (Wildman–Crippen MR) is 82.9 cm³/mol. The second-order valence-corrected chi connectivity index (χ2v) is 5.57.